The van der Waals surface area contributed by atoms with Crippen LogP contribution in [-0.2, 0) is 9.53 Å². The van der Waals surface area contributed by atoms with Crippen LogP contribution in [0.25, 0.3) is 0 Å². The number of piperazine rings is 1. The van der Waals surface area contributed by atoms with Crippen molar-refractivity contribution in [1.82, 2.24) is 9.80 Å². The third-order valence-corrected chi connectivity index (χ3v) is 5.37. The van der Waals surface area contributed by atoms with E-state index in [-0.39, 0.29) is 24.2 Å². The minimum atomic E-state index is -0.0834. The Morgan fingerprint density at radius 3 is 2.42 bits per heavy atom. The molecule has 0 bridgehead atoms. The van der Waals surface area contributed by atoms with Gasteiger partial charge in [-0.1, -0.05) is 6.07 Å². The monoisotopic (exact) mass is 361 g/mol. The van der Waals surface area contributed by atoms with E-state index in [0.717, 1.165) is 31.9 Å². The standard InChI is InChI=1S/C20H31N3O3/c1-15-13-23(14-16(2)26-15)20(24)17(3)21-8-10-22(11-9-21)18-6-5-7-19(12-18)25-4/h5-7,12,15-17H,8-11,13-14H2,1-4H3. The predicted octanol–water partition coefficient (Wildman–Crippen LogP) is 1.84. The second kappa shape index (κ2) is 8.27. The molecule has 3 unspecified atom stereocenters. The first kappa shape index (κ1) is 19.0. The number of carbonyl (C=O) groups excluding carboxylic acids is 1. The van der Waals surface area contributed by atoms with Crippen molar-refractivity contribution in [1.29, 1.82) is 0 Å². The van der Waals surface area contributed by atoms with Gasteiger partial charge >= 0.3 is 0 Å². The highest BCUT2D eigenvalue weighted by atomic mass is 16.5. The molecule has 3 rings (SSSR count). The summed E-state index contributed by atoms with van der Waals surface area (Å²) in [6.07, 6.45) is 0.222. The lowest BCUT2D eigenvalue weighted by molar-refractivity contribution is -0.148. The summed E-state index contributed by atoms with van der Waals surface area (Å²) in [5.74, 6) is 1.10. The van der Waals surface area contributed by atoms with Crippen LogP contribution in [0, 0.1) is 0 Å². The van der Waals surface area contributed by atoms with Gasteiger partial charge in [0.2, 0.25) is 5.91 Å². The molecule has 0 spiro atoms. The van der Waals surface area contributed by atoms with Crippen LogP contribution in [-0.4, -0.2) is 80.3 Å². The summed E-state index contributed by atoms with van der Waals surface area (Å²) in [6.45, 7) is 11.1. The second-order valence-electron chi connectivity index (χ2n) is 7.40. The van der Waals surface area contributed by atoms with Crippen LogP contribution in [0.1, 0.15) is 20.8 Å². The summed E-state index contributed by atoms with van der Waals surface area (Å²) in [5.41, 5.74) is 1.18. The molecule has 2 fully saturated rings. The Hall–Kier alpha value is -1.79. The van der Waals surface area contributed by atoms with Gasteiger partial charge in [-0.25, -0.2) is 0 Å². The molecule has 0 radical (unpaired) electrons. The van der Waals surface area contributed by atoms with Crippen molar-refractivity contribution in [3.63, 3.8) is 0 Å². The number of rotatable bonds is 4. The van der Waals surface area contributed by atoms with Gasteiger partial charge in [-0.2, -0.15) is 0 Å². The van der Waals surface area contributed by atoms with Crippen LogP contribution in [0.4, 0.5) is 5.69 Å². The molecule has 0 aromatic heterocycles. The van der Waals surface area contributed by atoms with Gasteiger partial charge in [-0.05, 0) is 32.9 Å². The summed E-state index contributed by atoms with van der Waals surface area (Å²) in [6, 6.07) is 8.09. The fraction of sp³-hybridized carbons (Fsp3) is 0.650. The van der Waals surface area contributed by atoms with E-state index in [1.165, 1.54) is 5.69 Å². The lowest BCUT2D eigenvalue weighted by atomic mass is 10.1. The van der Waals surface area contributed by atoms with Crippen molar-refractivity contribution in [3.05, 3.63) is 24.3 Å². The first-order valence-corrected chi connectivity index (χ1v) is 9.55. The molecular weight excluding hydrogens is 330 g/mol. The summed E-state index contributed by atoms with van der Waals surface area (Å²) in [7, 11) is 1.69. The Morgan fingerprint density at radius 1 is 1.15 bits per heavy atom. The van der Waals surface area contributed by atoms with Gasteiger partial charge in [0.15, 0.2) is 0 Å². The van der Waals surface area contributed by atoms with Crippen LogP contribution in [0.15, 0.2) is 24.3 Å². The average Bonchev–Trinajstić information content (AvgIpc) is 2.66. The average molecular weight is 361 g/mol. The number of amides is 1. The first-order valence-electron chi connectivity index (χ1n) is 9.55. The van der Waals surface area contributed by atoms with Crippen molar-refractivity contribution < 1.29 is 14.3 Å². The van der Waals surface area contributed by atoms with Crippen molar-refractivity contribution >= 4 is 11.6 Å². The fourth-order valence-corrected chi connectivity index (χ4v) is 3.95. The number of carbonyl (C=O) groups is 1. The van der Waals surface area contributed by atoms with E-state index in [1.807, 2.05) is 37.8 Å². The van der Waals surface area contributed by atoms with E-state index in [0.29, 0.717) is 13.1 Å². The lowest BCUT2D eigenvalue weighted by Crippen LogP contribution is -2.57. The van der Waals surface area contributed by atoms with Gasteiger partial charge in [0, 0.05) is 51.0 Å². The zero-order chi connectivity index (χ0) is 18.7. The number of ether oxygens (including phenoxy) is 2. The molecule has 1 amide bonds. The third kappa shape index (κ3) is 4.30. The molecule has 0 saturated carbocycles. The van der Waals surface area contributed by atoms with Crippen LogP contribution in [0.5, 0.6) is 5.75 Å². The molecule has 0 N–H and O–H groups in total. The zero-order valence-corrected chi connectivity index (χ0v) is 16.4. The molecule has 2 heterocycles. The summed E-state index contributed by atoms with van der Waals surface area (Å²) >= 11 is 0. The molecule has 2 aliphatic rings. The van der Waals surface area contributed by atoms with Crippen LogP contribution < -0.4 is 9.64 Å². The highest BCUT2D eigenvalue weighted by molar-refractivity contribution is 5.81. The van der Waals surface area contributed by atoms with Gasteiger partial charge in [-0.15, -0.1) is 0 Å². The molecule has 6 nitrogen and oxygen atoms in total. The molecule has 144 valence electrons. The van der Waals surface area contributed by atoms with E-state index in [1.54, 1.807) is 7.11 Å². The number of morpholine rings is 1. The van der Waals surface area contributed by atoms with E-state index >= 15 is 0 Å². The Balaban J connectivity index is 1.56. The Kier molecular flexibility index (Phi) is 6.04. The minimum Gasteiger partial charge on any atom is -0.497 e. The quantitative estimate of drug-likeness (QED) is 0.819. The van der Waals surface area contributed by atoms with Crippen LogP contribution in [0.2, 0.25) is 0 Å². The van der Waals surface area contributed by atoms with Gasteiger partial charge in [0.05, 0.1) is 25.4 Å². The maximum absolute atomic E-state index is 12.9. The molecule has 1 aromatic carbocycles. The predicted molar refractivity (Wildman–Crippen MR) is 103 cm³/mol. The number of hydrogen-bond acceptors (Lipinski definition) is 5. The zero-order valence-electron chi connectivity index (χ0n) is 16.4. The SMILES string of the molecule is COc1cccc(N2CCN(C(C)C(=O)N3CC(C)OC(C)C3)CC2)c1. The van der Waals surface area contributed by atoms with E-state index in [2.05, 4.69) is 21.9 Å². The Bertz CT molecular complexity index is 606. The first-order chi connectivity index (χ1) is 12.5. The molecular formula is C20H31N3O3. The molecule has 2 saturated heterocycles. The molecule has 26 heavy (non-hydrogen) atoms. The van der Waals surface area contributed by atoms with Crippen molar-refractivity contribution in [2.75, 3.05) is 51.3 Å². The number of benzene rings is 1. The van der Waals surface area contributed by atoms with Crippen molar-refractivity contribution in [2.45, 2.75) is 39.0 Å². The largest absolute Gasteiger partial charge is 0.497 e. The van der Waals surface area contributed by atoms with Gasteiger partial charge in [-0.3, -0.25) is 9.69 Å². The lowest BCUT2D eigenvalue weighted by Gasteiger charge is -2.42. The summed E-state index contributed by atoms with van der Waals surface area (Å²) < 4.78 is 11.1. The topological polar surface area (TPSA) is 45.2 Å². The van der Waals surface area contributed by atoms with E-state index < -0.39 is 0 Å². The number of methoxy groups -OCH3 is 1. The van der Waals surface area contributed by atoms with Crippen molar-refractivity contribution in [2.24, 2.45) is 0 Å². The maximum atomic E-state index is 12.9. The molecule has 0 aliphatic carbocycles. The second-order valence-corrected chi connectivity index (χ2v) is 7.40. The summed E-state index contributed by atoms with van der Waals surface area (Å²) in [4.78, 5) is 19.5. The van der Waals surface area contributed by atoms with Gasteiger partial charge < -0.3 is 19.3 Å². The maximum Gasteiger partial charge on any atom is 0.239 e. The fourth-order valence-electron chi connectivity index (χ4n) is 3.95. The highest BCUT2D eigenvalue weighted by Gasteiger charge is 2.32. The van der Waals surface area contributed by atoms with Gasteiger partial charge in [0.1, 0.15) is 5.75 Å². The Morgan fingerprint density at radius 2 is 1.81 bits per heavy atom. The molecule has 2 aliphatic heterocycles. The number of hydrogen-bond donors (Lipinski definition) is 0. The Labute approximate surface area is 156 Å². The van der Waals surface area contributed by atoms with Gasteiger partial charge in [0.25, 0.3) is 0 Å². The van der Waals surface area contributed by atoms with E-state index in [9.17, 15) is 4.79 Å². The highest BCUT2D eigenvalue weighted by Crippen LogP contribution is 2.23. The normalized spacial score (nSPS) is 25.8. The number of anilines is 1. The molecule has 6 heteroatoms. The van der Waals surface area contributed by atoms with Crippen molar-refractivity contribution in [3.8, 4) is 5.75 Å². The third-order valence-electron chi connectivity index (χ3n) is 5.37. The number of nitrogens with zero attached hydrogens (tertiary/aromatic N) is 3. The smallest absolute Gasteiger partial charge is 0.239 e. The summed E-state index contributed by atoms with van der Waals surface area (Å²) in [5, 5.41) is 0. The van der Waals surface area contributed by atoms with Crippen LogP contribution >= 0.6 is 0 Å². The van der Waals surface area contributed by atoms with Crippen LogP contribution in [0.3, 0.4) is 0 Å². The minimum absolute atomic E-state index is 0.0834. The van der Waals surface area contributed by atoms with E-state index in [4.69, 9.17) is 9.47 Å². The molecule has 1 aromatic rings. The molecule has 3 atom stereocenters.